The number of rotatable bonds is 27. The quantitative estimate of drug-likeness (QED) is 0.0450. The number of primary amides is 6. The highest BCUT2D eigenvalue weighted by Crippen LogP contribution is 2.63. The zero-order valence-corrected chi connectivity index (χ0v) is 56.0. The van der Waals surface area contributed by atoms with Gasteiger partial charge in [-0.2, -0.15) is 0 Å². The van der Waals surface area contributed by atoms with Gasteiger partial charge in [-0.05, 0) is 108 Å². The van der Waals surface area contributed by atoms with Crippen molar-refractivity contribution in [3.63, 3.8) is 0 Å². The summed E-state index contributed by atoms with van der Waals surface area (Å²) in [7, 11) is -5.13. The predicted octanol–water partition coefficient (Wildman–Crippen LogP) is 3.73. The second-order valence-corrected chi connectivity index (χ2v) is 29.1. The fourth-order valence-corrected chi connectivity index (χ4v) is 16.8. The normalized spacial score (nSPS) is 32.1. The van der Waals surface area contributed by atoms with Crippen molar-refractivity contribution >= 4 is 83.3 Å². The van der Waals surface area contributed by atoms with Crippen LogP contribution in [0.3, 0.4) is 0 Å². The topological polar surface area (TPSA) is 466 Å². The number of imidazole rings is 1. The highest BCUT2D eigenvalue weighted by Gasteiger charge is 2.66. The van der Waals surface area contributed by atoms with Gasteiger partial charge in [0.15, 0.2) is 6.23 Å². The molecule has 2 fully saturated rings. The fourth-order valence-electron chi connectivity index (χ4n) is 15.6. The van der Waals surface area contributed by atoms with E-state index in [1.54, 1.807) is 4.57 Å². The summed E-state index contributed by atoms with van der Waals surface area (Å²) in [5.74, 6) is -7.94. The number of fused-ring (bicyclic) bond motifs is 7. The second kappa shape index (κ2) is 26.7. The Kier molecular flexibility index (Phi) is 20.5. The van der Waals surface area contributed by atoms with Crippen molar-refractivity contribution in [1.82, 2.24) is 20.2 Å². The zero-order valence-electron chi connectivity index (χ0n) is 55.1. The summed E-state index contributed by atoms with van der Waals surface area (Å²) in [4.78, 5) is 138. The molecule has 7 amide bonds. The first-order chi connectivity index (χ1) is 43.2. The van der Waals surface area contributed by atoms with Crippen molar-refractivity contribution in [3.8, 4) is 0 Å². The number of amides is 7. The number of benzene rings is 1. The van der Waals surface area contributed by atoms with Gasteiger partial charge in [0.25, 0.3) is 0 Å². The number of nitrogens with two attached hydrogens (primary N) is 6. The zero-order chi connectivity index (χ0) is 69.0. The summed E-state index contributed by atoms with van der Waals surface area (Å²) in [5, 5.41) is 18.1. The van der Waals surface area contributed by atoms with E-state index in [9.17, 15) is 52.9 Å². The third kappa shape index (κ3) is 14.0. The summed E-state index contributed by atoms with van der Waals surface area (Å²) in [6.45, 7) is 20.6. The maximum Gasteiger partial charge on any atom is 0.472 e. The molecule has 0 radical (unpaired) electrons. The third-order valence-corrected chi connectivity index (χ3v) is 22.0. The number of aryl methyl sites for hydroxylation is 2. The van der Waals surface area contributed by atoms with Gasteiger partial charge in [-0.25, -0.2) is 9.55 Å². The number of hydrogen-bond donors (Lipinski definition) is 10. The minimum Gasteiger partial charge on any atom is -0.463 e. The Morgan fingerprint density at radius 3 is 1.99 bits per heavy atom. The number of aliphatic imine (C=N–C) groups is 3. The van der Waals surface area contributed by atoms with Crippen LogP contribution in [-0.2, 0) is 61.4 Å². The van der Waals surface area contributed by atoms with Gasteiger partial charge in [-0.3, -0.25) is 62.4 Å². The van der Waals surface area contributed by atoms with Crippen molar-refractivity contribution < 1.29 is 71.4 Å². The average Bonchev–Trinajstić information content (AvgIpc) is 1.53. The maximum absolute atomic E-state index is 14.4. The number of aliphatic hydroxyl groups excluding tert-OH is 1. The van der Waals surface area contributed by atoms with Gasteiger partial charge >= 0.3 is 13.8 Å². The van der Waals surface area contributed by atoms with Crippen LogP contribution in [0.1, 0.15) is 157 Å². The van der Waals surface area contributed by atoms with E-state index >= 15 is 0 Å². The number of allylic oxidation sites excluding steroid dienone is 6. The number of ether oxygens (including phenoxy) is 2. The standard InChI is InChI=1S/C64H92N13O15P/c1-30-21-41-42(22-31(30)2)77(29-72-41)59-54(86)55(43(90-59)28-89-35(6)78)92-93(87,88)91-32(3)27-71-51(85)19-20-61(9)39(23-48(68)82)58-64(12)63(11,26-50(70)84)38(15-18-47(67)81)53(76-64)34(5)57-62(10,25-49(69)83)36(13-16-45(65)79)40(73-57)24-44-60(7,8)37(14-17-46(66)80)52(74-44)33(4)56(61)75-58/h21-22,24,29,32,36-39,43,54-55,58-59,73,86H,13-20,23,25-28H2,1-12H3,(H2,65,79)(H2,66,80)(H2,67,81)(H2,68,82)(H2,69,83)(H2,70,84)(H,71,85)(H,87,88)/b40-24?,52-33?,57-34-/t32?,36?,37?,38?,39?,43-,54-,55-,58?,59+,61?,62?,63?,64?/m1/s1. The summed E-state index contributed by atoms with van der Waals surface area (Å²) in [5.41, 5.74) is 37.2. The smallest absolute Gasteiger partial charge is 0.463 e. The van der Waals surface area contributed by atoms with Crippen LogP contribution in [0, 0.1) is 59.2 Å². The van der Waals surface area contributed by atoms with Crippen molar-refractivity contribution in [2.24, 2.45) is 94.7 Å². The van der Waals surface area contributed by atoms with Crippen molar-refractivity contribution in [3.05, 3.63) is 63.9 Å². The molecule has 508 valence electrons. The molecule has 8 bridgehead atoms. The van der Waals surface area contributed by atoms with Crippen LogP contribution in [0.4, 0.5) is 0 Å². The van der Waals surface area contributed by atoms with E-state index in [-0.39, 0.29) is 77.2 Å². The SMILES string of the molecule is CC(=O)OC[C@H]1O[C@H](n2cnc3cc(C)c(C)cc32)[C@H](O)[C@@H]1OP(=O)(O)OC(C)CNC(=O)CCC1(C)C2=NC(C1CC(N)=O)C1(C)N=C(/C(C)=C3\NC(=CC4=NC(=C2C)C(CCC(N)=O)C4(C)C)C(CCC(N)=O)C3(C)CC(N)=O)C(CCC(N)=O)C1(C)CC(N)=O. The molecule has 1 aromatic carbocycles. The Hall–Kier alpha value is -7.49. The number of nitrogens with one attached hydrogen (secondary N) is 2. The highest BCUT2D eigenvalue weighted by atomic mass is 31.2. The van der Waals surface area contributed by atoms with E-state index < -0.39 is 149 Å². The van der Waals surface area contributed by atoms with Gasteiger partial charge in [0.1, 0.15) is 24.9 Å². The number of esters is 1. The maximum atomic E-state index is 14.4. The molecule has 93 heavy (non-hydrogen) atoms. The molecule has 2 aromatic rings. The van der Waals surface area contributed by atoms with Gasteiger partial charge in [0.05, 0.1) is 35.0 Å². The highest BCUT2D eigenvalue weighted by molar-refractivity contribution is 7.47. The number of phosphoric ester groups is 1. The van der Waals surface area contributed by atoms with E-state index in [1.807, 2.05) is 87.4 Å². The summed E-state index contributed by atoms with van der Waals surface area (Å²) >= 11 is 0. The molecule has 29 heteroatoms. The number of carbonyl (C=O) groups is 8. The molecule has 0 spiro atoms. The lowest BCUT2D eigenvalue weighted by Crippen LogP contribution is -2.56. The van der Waals surface area contributed by atoms with Crippen molar-refractivity contribution in [2.75, 3.05) is 13.2 Å². The molecule has 0 saturated carbocycles. The van der Waals surface area contributed by atoms with Crippen LogP contribution in [0.15, 0.2) is 67.8 Å². The van der Waals surface area contributed by atoms with E-state index in [0.717, 1.165) is 11.1 Å². The molecule has 11 unspecified atom stereocenters. The third-order valence-electron chi connectivity index (χ3n) is 20.9. The number of carbonyl (C=O) groups excluding carboxylic acids is 8. The molecule has 1 aromatic heterocycles. The van der Waals surface area contributed by atoms with Crippen LogP contribution < -0.4 is 45.0 Å². The molecule has 8 rings (SSSR count). The Morgan fingerprint density at radius 2 is 1.40 bits per heavy atom. The van der Waals surface area contributed by atoms with Crippen LogP contribution in [-0.4, -0.2) is 133 Å². The van der Waals surface area contributed by atoms with E-state index in [4.69, 9.17) is 67.9 Å². The number of nitrogens with zero attached hydrogens (tertiary/aromatic N) is 5. The summed E-state index contributed by atoms with van der Waals surface area (Å²) < 4.78 is 38.0. The van der Waals surface area contributed by atoms with Gasteiger partial charge in [0, 0.05) is 138 Å². The molecule has 0 aliphatic carbocycles. The number of phosphoric acid groups is 1. The average molecular weight is 1310 g/mol. The molecular formula is C64H92N13O15P. The summed E-state index contributed by atoms with van der Waals surface area (Å²) in [6, 6.07) is 2.67. The van der Waals surface area contributed by atoms with Crippen molar-refractivity contribution in [2.45, 2.75) is 196 Å². The van der Waals surface area contributed by atoms with Crippen LogP contribution in [0.2, 0.25) is 0 Å². The first kappa shape index (κ1) is 71.4. The van der Waals surface area contributed by atoms with Gasteiger partial charge in [-0.1, -0.05) is 34.6 Å². The van der Waals surface area contributed by atoms with E-state index in [2.05, 4.69) is 15.6 Å². The Labute approximate surface area is 540 Å². The first-order valence-corrected chi connectivity index (χ1v) is 32.9. The number of aliphatic hydroxyl groups is 1. The first-order valence-electron chi connectivity index (χ1n) is 31.4. The molecule has 6 aliphatic heterocycles. The van der Waals surface area contributed by atoms with Crippen LogP contribution in [0.25, 0.3) is 11.0 Å². The predicted molar refractivity (Wildman–Crippen MR) is 343 cm³/mol. The Balaban J connectivity index is 1.19. The summed E-state index contributed by atoms with van der Waals surface area (Å²) in [6.07, 6.45) is -4.49. The van der Waals surface area contributed by atoms with Gasteiger partial charge in [0.2, 0.25) is 41.4 Å². The van der Waals surface area contributed by atoms with Crippen molar-refractivity contribution in [1.29, 1.82) is 0 Å². The number of hydrogen-bond acceptors (Lipinski definition) is 19. The second-order valence-electron chi connectivity index (χ2n) is 27.7. The van der Waals surface area contributed by atoms with Crippen LogP contribution >= 0.6 is 7.82 Å². The molecule has 28 nitrogen and oxygen atoms in total. The lowest BCUT2D eigenvalue weighted by Gasteiger charge is -2.48. The molecular weight excluding hydrogens is 1220 g/mol. The van der Waals surface area contributed by atoms with E-state index in [0.29, 0.717) is 56.4 Å². The Morgan fingerprint density at radius 1 is 0.796 bits per heavy atom. The minimum absolute atomic E-state index is 0.0241. The molecule has 15 atom stereocenters. The number of aromatic nitrogens is 2. The van der Waals surface area contributed by atoms with Crippen LogP contribution in [0.5, 0.6) is 0 Å². The lowest BCUT2D eigenvalue weighted by atomic mass is 9.55. The minimum atomic E-state index is -5.13. The fraction of sp³-hybridized carbons (Fsp3) is 0.625. The molecule has 16 N–H and O–H groups in total. The molecule has 2 saturated heterocycles. The van der Waals surface area contributed by atoms with E-state index in [1.165, 1.54) is 20.2 Å². The van der Waals surface area contributed by atoms with Gasteiger partial charge in [-0.15, -0.1) is 0 Å². The Bertz CT molecular complexity index is 3670. The van der Waals surface area contributed by atoms with Gasteiger partial charge < -0.3 is 69.1 Å². The lowest BCUT2D eigenvalue weighted by molar-refractivity contribution is -0.147. The molecule has 7 heterocycles. The molecule has 6 aliphatic rings. The largest absolute Gasteiger partial charge is 0.472 e. The monoisotopic (exact) mass is 1310 g/mol.